The Hall–Kier alpha value is -1.92. The minimum atomic E-state index is -1.18. The molecule has 1 aliphatic heterocycles. The van der Waals surface area contributed by atoms with E-state index >= 15 is 0 Å². The predicted molar refractivity (Wildman–Crippen MR) is 86.4 cm³/mol. The Morgan fingerprint density at radius 2 is 1.83 bits per heavy atom. The van der Waals surface area contributed by atoms with Crippen molar-refractivity contribution < 1.29 is 28.7 Å². The second kappa shape index (κ2) is 8.26. The molecule has 0 aromatic carbocycles. The average molecular weight is 341 g/mol. The summed E-state index contributed by atoms with van der Waals surface area (Å²) in [7, 11) is 0. The van der Waals surface area contributed by atoms with Gasteiger partial charge in [0.25, 0.3) is 5.78 Å². The third-order valence-electron chi connectivity index (χ3n) is 3.69. The normalized spacial score (nSPS) is 21.4. The van der Waals surface area contributed by atoms with Crippen molar-refractivity contribution in [1.82, 2.24) is 4.90 Å². The zero-order chi connectivity index (χ0) is 18.5. The zero-order valence-electron chi connectivity index (χ0n) is 15.1. The number of ketones is 2. The molecule has 0 aromatic heterocycles. The first-order valence-corrected chi connectivity index (χ1v) is 8.34. The van der Waals surface area contributed by atoms with Gasteiger partial charge in [0.05, 0.1) is 6.61 Å². The van der Waals surface area contributed by atoms with Gasteiger partial charge in [0, 0.05) is 19.0 Å². The average Bonchev–Trinajstić information content (AvgIpc) is 2.45. The molecule has 7 nitrogen and oxygen atoms in total. The molecule has 1 rings (SSSR count). The fourth-order valence-corrected chi connectivity index (χ4v) is 2.64. The molecule has 0 aliphatic carbocycles. The summed E-state index contributed by atoms with van der Waals surface area (Å²) in [6, 6.07) is -0.316. The summed E-state index contributed by atoms with van der Waals surface area (Å²) in [4.78, 5) is 49.9. The first kappa shape index (κ1) is 20.1. The molecule has 1 heterocycles. The number of carbonyl (C=O) groups is 4. The van der Waals surface area contributed by atoms with Crippen molar-refractivity contribution in [3.8, 4) is 0 Å². The van der Waals surface area contributed by atoms with E-state index in [0.29, 0.717) is 6.42 Å². The second-order valence-electron chi connectivity index (χ2n) is 6.88. The maximum Gasteiger partial charge on any atom is 0.410 e. The Labute approximate surface area is 142 Å². The summed E-state index contributed by atoms with van der Waals surface area (Å²) in [5.41, 5.74) is -0.685. The maximum absolute atomic E-state index is 12.4. The van der Waals surface area contributed by atoms with Crippen LogP contribution in [0, 0.1) is 5.92 Å². The number of nitrogens with zero attached hydrogens (tertiary/aromatic N) is 1. The lowest BCUT2D eigenvalue weighted by Crippen LogP contribution is -2.54. The van der Waals surface area contributed by atoms with Gasteiger partial charge in [-0.15, -0.1) is 0 Å². The highest BCUT2D eigenvalue weighted by molar-refractivity contribution is 6.38. The van der Waals surface area contributed by atoms with Crippen molar-refractivity contribution >= 4 is 23.6 Å². The van der Waals surface area contributed by atoms with E-state index in [4.69, 9.17) is 4.74 Å². The fraction of sp³-hybridized carbons (Fsp3) is 0.765. The van der Waals surface area contributed by atoms with Gasteiger partial charge in [0.1, 0.15) is 17.3 Å². The molecule has 1 amide bonds. The fourth-order valence-electron chi connectivity index (χ4n) is 2.64. The summed E-state index contributed by atoms with van der Waals surface area (Å²) < 4.78 is 10.1. The van der Waals surface area contributed by atoms with E-state index in [-0.39, 0.29) is 31.4 Å². The molecule has 1 aliphatic rings. The lowest BCUT2D eigenvalue weighted by atomic mass is 9.87. The number of esters is 1. The van der Waals surface area contributed by atoms with Gasteiger partial charge in [-0.1, -0.05) is 13.3 Å². The van der Waals surface area contributed by atoms with Gasteiger partial charge in [-0.25, -0.2) is 9.59 Å². The summed E-state index contributed by atoms with van der Waals surface area (Å²) in [6.45, 7) is 8.68. The first-order valence-electron chi connectivity index (χ1n) is 8.34. The second-order valence-corrected chi connectivity index (χ2v) is 6.88. The van der Waals surface area contributed by atoms with Crippen LogP contribution in [0.5, 0.6) is 0 Å². The highest BCUT2D eigenvalue weighted by Crippen LogP contribution is 2.25. The van der Waals surface area contributed by atoms with Crippen LogP contribution >= 0.6 is 0 Å². The van der Waals surface area contributed by atoms with Crippen LogP contribution in [0.15, 0.2) is 0 Å². The molecule has 7 heteroatoms. The van der Waals surface area contributed by atoms with E-state index in [1.165, 1.54) is 4.90 Å². The topological polar surface area (TPSA) is 90.0 Å². The molecular formula is C17H27NO6. The first-order chi connectivity index (χ1) is 11.1. The molecule has 1 fully saturated rings. The highest BCUT2D eigenvalue weighted by atomic mass is 16.6. The zero-order valence-corrected chi connectivity index (χ0v) is 15.1. The largest absolute Gasteiger partial charge is 0.460 e. The quantitative estimate of drug-likeness (QED) is 0.432. The van der Waals surface area contributed by atoms with E-state index in [1.54, 1.807) is 27.7 Å². The smallest absolute Gasteiger partial charge is 0.410 e. The monoisotopic (exact) mass is 341 g/mol. The van der Waals surface area contributed by atoms with Gasteiger partial charge >= 0.3 is 12.1 Å². The van der Waals surface area contributed by atoms with Gasteiger partial charge in [0.15, 0.2) is 0 Å². The standard InChI is InChI=1S/C17H27NO6/c1-6-8-11-9-13(19)12(14(20)15(21)23-7-2)10-18(11)16(22)24-17(3,4)5/h11-12H,6-10H2,1-5H3/t11-,12?/m0/s1. The lowest BCUT2D eigenvalue weighted by molar-refractivity contribution is -0.158. The number of amides is 1. The maximum atomic E-state index is 12.4. The number of hydrogen-bond acceptors (Lipinski definition) is 6. The Kier molecular flexibility index (Phi) is 6.93. The van der Waals surface area contributed by atoms with Crippen molar-refractivity contribution in [2.24, 2.45) is 5.92 Å². The van der Waals surface area contributed by atoms with Crippen LogP contribution in [0.4, 0.5) is 4.79 Å². The molecule has 0 bridgehead atoms. The number of carbonyl (C=O) groups excluding carboxylic acids is 4. The molecule has 0 N–H and O–H groups in total. The number of piperidine rings is 1. The molecule has 24 heavy (non-hydrogen) atoms. The van der Waals surface area contributed by atoms with E-state index < -0.39 is 29.4 Å². The highest BCUT2D eigenvalue weighted by Gasteiger charge is 2.43. The third-order valence-corrected chi connectivity index (χ3v) is 3.69. The number of hydrogen-bond donors (Lipinski definition) is 0. The van der Waals surface area contributed by atoms with Crippen LogP contribution in [-0.2, 0) is 23.9 Å². The van der Waals surface area contributed by atoms with Gasteiger partial charge in [0.2, 0.25) is 0 Å². The summed E-state index contributed by atoms with van der Waals surface area (Å²) in [5, 5.41) is 0. The molecule has 0 spiro atoms. The number of rotatable bonds is 5. The number of likely N-dealkylation sites (tertiary alicyclic amines) is 1. The molecule has 0 saturated carbocycles. The van der Waals surface area contributed by atoms with Gasteiger partial charge in [-0.3, -0.25) is 9.59 Å². The molecule has 1 saturated heterocycles. The van der Waals surface area contributed by atoms with Crippen LogP contribution < -0.4 is 0 Å². The number of Topliss-reactive ketones (excluding diaryl/α,β-unsaturated/α-hetero) is 2. The molecule has 0 radical (unpaired) electrons. The van der Waals surface area contributed by atoms with E-state index in [0.717, 1.165) is 6.42 Å². The summed E-state index contributed by atoms with van der Waals surface area (Å²) in [5.74, 6) is -3.43. The van der Waals surface area contributed by atoms with Crippen molar-refractivity contribution in [2.75, 3.05) is 13.2 Å². The Bertz CT molecular complexity index is 508. The minimum Gasteiger partial charge on any atom is -0.460 e. The third kappa shape index (κ3) is 5.32. The van der Waals surface area contributed by atoms with Gasteiger partial charge < -0.3 is 14.4 Å². The van der Waals surface area contributed by atoms with E-state index in [2.05, 4.69) is 4.74 Å². The van der Waals surface area contributed by atoms with Gasteiger partial charge in [-0.2, -0.15) is 0 Å². The van der Waals surface area contributed by atoms with Crippen LogP contribution in [0.1, 0.15) is 53.9 Å². The van der Waals surface area contributed by atoms with Crippen LogP contribution in [0.2, 0.25) is 0 Å². The van der Waals surface area contributed by atoms with Gasteiger partial charge in [-0.05, 0) is 34.1 Å². The molecular weight excluding hydrogens is 314 g/mol. The summed E-state index contributed by atoms with van der Waals surface area (Å²) in [6.07, 6.45) is 0.886. The minimum absolute atomic E-state index is 0.0445. The Balaban J connectivity index is 2.96. The lowest BCUT2D eigenvalue weighted by Gasteiger charge is -2.38. The van der Waals surface area contributed by atoms with Crippen LogP contribution in [-0.4, -0.2) is 53.3 Å². The molecule has 2 atom stereocenters. The molecule has 136 valence electrons. The van der Waals surface area contributed by atoms with Crippen LogP contribution in [0.25, 0.3) is 0 Å². The number of ether oxygens (including phenoxy) is 2. The van der Waals surface area contributed by atoms with Crippen LogP contribution in [0.3, 0.4) is 0 Å². The van der Waals surface area contributed by atoms with Crippen molar-refractivity contribution in [3.05, 3.63) is 0 Å². The Morgan fingerprint density at radius 3 is 2.33 bits per heavy atom. The van der Waals surface area contributed by atoms with E-state index in [1.807, 2.05) is 6.92 Å². The van der Waals surface area contributed by atoms with Crippen molar-refractivity contribution in [3.63, 3.8) is 0 Å². The summed E-state index contributed by atoms with van der Waals surface area (Å²) >= 11 is 0. The SMILES string of the molecule is CCC[C@H]1CC(=O)C(C(=O)C(=O)OCC)CN1C(=O)OC(C)(C)C. The predicted octanol–water partition coefficient (Wildman–Crippen LogP) is 2.11. The molecule has 0 aromatic rings. The molecule has 1 unspecified atom stereocenters. The van der Waals surface area contributed by atoms with E-state index in [9.17, 15) is 19.2 Å². The Morgan fingerprint density at radius 1 is 1.21 bits per heavy atom. The van der Waals surface area contributed by atoms with Crippen molar-refractivity contribution in [2.45, 2.75) is 65.5 Å². The van der Waals surface area contributed by atoms with Crippen molar-refractivity contribution in [1.29, 1.82) is 0 Å².